The molecule has 0 aliphatic rings. The zero-order chi connectivity index (χ0) is 22.4. The highest BCUT2D eigenvalue weighted by molar-refractivity contribution is 6.99. The van der Waals surface area contributed by atoms with Crippen LogP contribution in [0.25, 0.3) is 0 Å². The van der Waals surface area contributed by atoms with Crippen molar-refractivity contribution in [3.63, 3.8) is 0 Å². The van der Waals surface area contributed by atoms with Gasteiger partial charge in [-0.25, -0.2) is 0 Å². The monoisotopic (exact) mass is 426 g/mol. The highest BCUT2D eigenvalue weighted by Gasteiger charge is 2.50. The first-order valence-electron chi connectivity index (χ1n) is 10.9. The SMILES string of the molecule is C=CC[C@@H](O)[C@H](C)[C@@H](O)[C@H](C)CO[Si](c1ccccc1)(c1ccccc1)C(C)(C)C. The van der Waals surface area contributed by atoms with Crippen molar-refractivity contribution in [3.05, 3.63) is 73.3 Å². The van der Waals surface area contributed by atoms with Crippen molar-refractivity contribution < 1.29 is 14.6 Å². The van der Waals surface area contributed by atoms with E-state index in [1.54, 1.807) is 6.08 Å². The minimum absolute atomic E-state index is 0.103. The molecule has 0 aliphatic heterocycles. The summed E-state index contributed by atoms with van der Waals surface area (Å²) in [5.41, 5.74) is 0. The van der Waals surface area contributed by atoms with Crippen LogP contribution in [0.5, 0.6) is 0 Å². The smallest absolute Gasteiger partial charge is 0.261 e. The maximum atomic E-state index is 10.9. The predicted molar refractivity (Wildman–Crippen MR) is 129 cm³/mol. The summed E-state index contributed by atoms with van der Waals surface area (Å²) in [4.78, 5) is 0. The lowest BCUT2D eigenvalue weighted by Crippen LogP contribution is -2.67. The van der Waals surface area contributed by atoms with E-state index in [2.05, 4.69) is 75.9 Å². The van der Waals surface area contributed by atoms with Crippen LogP contribution < -0.4 is 10.4 Å². The van der Waals surface area contributed by atoms with E-state index in [0.29, 0.717) is 13.0 Å². The van der Waals surface area contributed by atoms with Gasteiger partial charge in [0.05, 0.1) is 12.2 Å². The van der Waals surface area contributed by atoms with Gasteiger partial charge in [0.1, 0.15) is 0 Å². The van der Waals surface area contributed by atoms with Gasteiger partial charge in [0.25, 0.3) is 8.32 Å². The van der Waals surface area contributed by atoms with Crippen molar-refractivity contribution in [2.45, 2.75) is 58.3 Å². The molecular weight excluding hydrogens is 388 g/mol. The molecule has 0 radical (unpaired) electrons. The molecule has 3 nitrogen and oxygen atoms in total. The number of hydrogen-bond acceptors (Lipinski definition) is 3. The van der Waals surface area contributed by atoms with Crippen LogP contribution in [-0.2, 0) is 4.43 Å². The molecule has 2 N–H and O–H groups in total. The number of aliphatic hydroxyl groups is 2. The summed E-state index contributed by atoms with van der Waals surface area (Å²) in [5.74, 6) is -0.359. The van der Waals surface area contributed by atoms with E-state index in [-0.39, 0.29) is 16.9 Å². The van der Waals surface area contributed by atoms with Crippen LogP contribution in [0.4, 0.5) is 0 Å². The Bertz CT molecular complexity index is 730. The molecule has 0 saturated heterocycles. The lowest BCUT2D eigenvalue weighted by atomic mass is 9.88. The minimum atomic E-state index is -2.62. The van der Waals surface area contributed by atoms with Gasteiger partial charge >= 0.3 is 0 Å². The molecule has 2 aromatic rings. The average molecular weight is 427 g/mol. The zero-order valence-electron chi connectivity index (χ0n) is 19.1. The maximum Gasteiger partial charge on any atom is 0.261 e. The molecule has 2 rings (SSSR count). The maximum absolute atomic E-state index is 10.9. The third-order valence-corrected chi connectivity index (χ3v) is 11.1. The third-order valence-electron chi connectivity index (χ3n) is 6.12. The van der Waals surface area contributed by atoms with Crippen LogP contribution >= 0.6 is 0 Å². The quantitative estimate of drug-likeness (QED) is 0.444. The number of hydrogen-bond donors (Lipinski definition) is 2. The van der Waals surface area contributed by atoms with Gasteiger partial charge in [-0.2, -0.15) is 0 Å². The fourth-order valence-corrected chi connectivity index (χ4v) is 8.92. The topological polar surface area (TPSA) is 49.7 Å². The van der Waals surface area contributed by atoms with E-state index >= 15 is 0 Å². The summed E-state index contributed by atoms with van der Waals surface area (Å²) < 4.78 is 6.92. The minimum Gasteiger partial charge on any atom is -0.407 e. The largest absolute Gasteiger partial charge is 0.407 e. The van der Waals surface area contributed by atoms with E-state index in [1.807, 2.05) is 26.0 Å². The van der Waals surface area contributed by atoms with Gasteiger partial charge < -0.3 is 14.6 Å². The molecule has 4 heteroatoms. The molecule has 30 heavy (non-hydrogen) atoms. The molecule has 0 aliphatic carbocycles. The van der Waals surface area contributed by atoms with Gasteiger partial charge in [0.15, 0.2) is 0 Å². The summed E-state index contributed by atoms with van der Waals surface area (Å²) in [7, 11) is -2.62. The molecule has 0 heterocycles. The Morgan fingerprint density at radius 1 is 0.933 bits per heavy atom. The summed E-state index contributed by atoms with van der Waals surface area (Å²) in [6.45, 7) is 14.7. The molecule has 0 unspecified atom stereocenters. The highest BCUT2D eigenvalue weighted by Crippen LogP contribution is 2.37. The lowest BCUT2D eigenvalue weighted by molar-refractivity contribution is -0.0162. The first-order valence-corrected chi connectivity index (χ1v) is 12.8. The first-order chi connectivity index (χ1) is 14.1. The molecule has 4 atom stereocenters. The van der Waals surface area contributed by atoms with Crippen molar-refractivity contribution in [1.29, 1.82) is 0 Å². The van der Waals surface area contributed by atoms with Gasteiger partial charge in [0.2, 0.25) is 0 Å². The Balaban J connectivity index is 2.38. The summed E-state index contributed by atoms with van der Waals surface area (Å²) >= 11 is 0. The van der Waals surface area contributed by atoms with Crippen LogP contribution in [0.15, 0.2) is 73.3 Å². The van der Waals surface area contributed by atoms with Crippen LogP contribution in [0.2, 0.25) is 5.04 Å². The van der Waals surface area contributed by atoms with Gasteiger partial charge in [-0.1, -0.05) is 101 Å². The first kappa shape index (κ1) is 24.5. The van der Waals surface area contributed by atoms with Crippen LogP contribution in [0, 0.1) is 11.8 Å². The van der Waals surface area contributed by atoms with Gasteiger partial charge in [-0.3, -0.25) is 0 Å². The van der Waals surface area contributed by atoms with Gasteiger partial charge in [-0.05, 0) is 21.8 Å². The molecule has 0 amide bonds. The van der Waals surface area contributed by atoms with Crippen molar-refractivity contribution in [2.24, 2.45) is 11.8 Å². The van der Waals surface area contributed by atoms with Crippen LogP contribution in [-0.4, -0.2) is 37.3 Å². The summed E-state index contributed by atoms with van der Waals surface area (Å²) in [6, 6.07) is 21.0. The Hall–Kier alpha value is -1.72. The number of rotatable bonds is 10. The van der Waals surface area contributed by atoms with Crippen LogP contribution in [0.3, 0.4) is 0 Å². The van der Waals surface area contributed by atoms with E-state index in [0.717, 1.165) is 0 Å². The molecule has 164 valence electrons. The average Bonchev–Trinajstić information content (AvgIpc) is 2.73. The normalized spacial score (nSPS) is 16.5. The molecule has 0 spiro atoms. The molecule has 0 bridgehead atoms. The molecule has 0 fully saturated rings. The Kier molecular flexibility index (Phi) is 8.62. The predicted octanol–water partition coefficient (Wildman–Crippen LogP) is 4.13. The second kappa shape index (κ2) is 10.5. The van der Waals surface area contributed by atoms with E-state index < -0.39 is 20.5 Å². The molecule has 0 aromatic heterocycles. The Labute approximate surface area is 183 Å². The van der Waals surface area contributed by atoms with E-state index in [4.69, 9.17) is 4.43 Å². The number of aliphatic hydroxyl groups excluding tert-OH is 2. The fourth-order valence-electron chi connectivity index (χ4n) is 4.25. The van der Waals surface area contributed by atoms with Crippen molar-refractivity contribution in [1.82, 2.24) is 0 Å². The number of benzene rings is 2. The van der Waals surface area contributed by atoms with Crippen molar-refractivity contribution >= 4 is 18.7 Å². The summed E-state index contributed by atoms with van der Waals surface area (Å²) in [6.07, 6.45) is 0.906. The zero-order valence-corrected chi connectivity index (χ0v) is 20.1. The van der Waals surface area contributed by atoms with E-state index in [9.17, 15) is 10.2 Å². The standard InChI is InChI=1S/C26H38O3Si/c1-7-14-24(27)21(3)25(28)20(2)19-29-30(26(4,5)6,22-15-10-8-11-16-22)23-17-12-9-13-18-23/h7-13,15-18,20-21,24-25,27-28H,1,14,19H2,2-6H3/t20-,21+,24-,25+/m1/s1. The van der Waals surface area contributed by atoms with Gasteiger partial charge in [-0.15, -0.1) is 6.58 Å². The highest BCUT2D eigenvalue weighted by atomic mass is 28.4. The van der Waals surface area contributed by atoms with Crippen molar-refractivity contribution in [2.75, 3.05) is 6.61 Å². The van der Waals surface area contributed by atoms with E-state index in [1.165, 1.54) is 10.4 Å². The lowest BCUT2D eigenvalue weighted by Gasteiger charge is -2.44. The molecular formula is C26H38O3Si. The van der Waals surface area contributed by atoms with Gasteiger partial charge in [0, 0.05) is 18.4 Å². The Morgan fingerprint density at radius 2 is 1.40 bits per heavy atom. The third kappa shape index (κ3) is 5.30. The fraction of sp³-hybridized carbons (Fsp3) is 0.462. The van der Waals surface area contributed by atoms with Crippen LogP contribution in [0.1, 0.15) is 41.0 Å². The van der Waals surface area contributed by atoms with Crippen molar-refractivity contribution in [3.8, 4) is 0 Å². The molecule has 0 saturated carbocycles. The summed E-state index contributed by atoms with van der Waals surface area (Å²) in [5, 5.41) is 23.5. The Morgan fingerprint density at radius 3 is 1.80 bits per heavy atom. The second-order valence-electron chi connectivity index (χ2n) is 9.39. The second-order valence-corrected chi connectivity index (χ2v) is 13.7. The molecule has 2 aromatic carbocycles.